The SMILES string of the molecule is N#CO.S.[BiH3]. The van der Waals surface area contributed by atoms with Crippen LogP contribution in [0, 0.1) is 11.5 Å². The van der Waals surface area contributed by atoms with E-state index in [4.69, 9.17) is 10.4 Å². The quantitative estimate of drug-likeness (QED) is 0.448. The molecule has 4 heteroatoms. The van der Waals surface area contributed by atoms with E-state index in [-0.39, 0.29) is 39.7 Å². The summed E-state index contributed by atoms with van der Waals surface area (Å²) >= 11 is 0. The fraction of sp³-hybridized carbons (Fsp3) is 0. The number of rotatable bonds is 0. The van der Waals surface area contributed by atoms with Crippen LogP contribution >= 0.6 is 13.5 Å². The molecule has 1 N–H and O–H groups in total. The predicted molar refractivity (Wildman–Crippen MR) is 27.9 cm³/mol. The van der Waals surface area contributed by atoms with Gasteiger partial charge in [-0.3, -0.25) is 0 Å². The Morgan fingerprint density at radius 2 is 1.60 bits per heavy atom. The number of aliphatic hydroxyl groups is 1. The Labute approximate surface area is 56.4 Å². The molecule has 0 unspecified atom stereocenters. The van der Waals surface area contributed by atoms with Crippen LogP contribution < -0.4 is 0 Å². The van der Waals surface area contributed by atoms with E-state index in [1.807, 2.05) is 0 Å². The molecule has 0 fully saturated rings. The summed E-state index contributed by atoms with van der Waals surface area (Å²) in [6, 6.07) is 0. The van der Waals surface area contributed by atoms with E-state index < -0.39 is 0 Å². The third-order valence-corrected chi connectivity index (χ3v) is 0. The van der Waals surface area contributed by atoms with E-state index in [1.165, 1.54) is 0 Å². The molecule has 0 aromatic carbocycles. The molecule has 0 aliphatic carbocycles. The first-order valence-electron chi connectivity index (χ1n) is 0.447. The molecule has 0 saturated carbocycles. The molecular formula is CH6BiNOS. The van der Waals surface area contributed by atoms with Gasteiger partial charge in [0.05, 0.1) is 0 Å². The summed E-state index contributed by atoms with van der Waals surface area (Å²) in [5, 5.41) is 13.8. The first-order chi connectivity index (χ1) is 1.41. The van der Waals surface area contributed by atoms with Crippen molar-refractivity contribution in [3.8, 4) is 6.26 Å². The average molecular weight is 289 g/mol. The van der Waals surface area contributed by atoms with Crippen molar-refractivity contribution in [3.63, 3.8) is 0 Å². The van der Waals surface area contributed by atoms with E-state index in [0.717, 1.165) is 6.26 Å². The van der Waals surface area contributed by atoms with Crippen LogP contribution in [0.15, 0.2) is 0 Å². The number of hydrogen-bond acceptors (Lipinski definition) is 2. The van der Waals surface area contributed by atoms with E-state index in [9.17, 15) is 0 Å². The summed E-state index contributed by atoms with van der Waals surface area (Å²) < 4.78 is 0. The van der Waals surface area contributed by atoms with E-state index >= 15 is 0 Å². The number of hydrogen-bond donors (Lipinski definition) is 1. The van der Waals surface area contributed by atoms with Gasteiger partial charge in [-0.1, -0.05) is 0 Å². The van der Waals surface area contributed by atoms with Gasteiger partial charge in [-0.05, 0) is 0 Å². The van der Waals surface area contributed by atoms with Crippen molar-refractivity contribution in [2.45, 2.75) is 0 Å². The third kappa shape index (κ3) is 105. The van der Waals surface area contributed by atoms with Gasteiger partial charge in [0.2, 0.25) is 0 Å². The summed E-state index contributed by atoms with van der Waals surface area (Å²) in [6.45, 7) is 0. The fourth-order valence-corrected chi connectivity index (χ4v) is 0. The van der Waals surface area contributed by atoms with Gasteiger partial charge in [0.15, 0.2) is 0 Å². The number of aliphatic hydroxyl groups excluding tert-OH is 1. The second-order valence-corrected chi connectivity index (χ2v) is 0.100. The first kappa shape index (κ1) is 17.7. The van der Waals surface area contributed by atoms with Crippen LogP contribution in [0.2, 0.25) is 0 Å². The Kier molecular flexibility index (Phi) is 85.9. The summed E-state index contributed by atoms with van der Waals surface area (Å²) in [6.07, 6.45) is 0.750. The zero-order valence-electron chi connectivity index (χ0n) is 2.60. The summed E-state index contributed by atoms with van der Waals surface area (Å²) in [5.74, 6) is 0. The van der Waals surface area contributed by atoms with Crippen molar-refractivity contribution in [1.82, 2.24) is 0 Å². The first-order valence-corrected chi connectivity index (χ1v) is 0.447. The zero-order valence-corrected chi connectivity index (χ0v) is 9.10. The molecular weight excluding hydrogens is 283 g/mol. The minimum absolute atomic E-state index is 0. The molecule has 0 amide bonds. The van der Waals surface area contributed by atoms with Crippen LogP contribution in [-0.2, 0) is 0 Å². The van der Waals surface area contributed by atoms with E-state index in [0.29, 0.717) is 0 Å². The standard InChI is InChI=1S/CHNO.Bi.H2S.3H/c2-1-3;;;;;/h3H;;1H2;;;. The monoisotopic (exact) mass is 289 g/mol. The molecule has 5 heavy (non-hydrogen) atoms. The molecule has 2 nitrogen and oxygen atoms in total. The minimum atomic E-state index is 0. The number of nitriles is 1. The Morgan fingerprint density at radius 3 is 1.60 bits per heavy atom. The molecule has 0 saturated heterocycles. The van der Waals surface area contributed by atoms with Crippen molar-refractivity contribution >= 4 is 39.7 Å². The normalized spacial score (nSPS) is 1.40. The molecule has 32 valence electrons. The van der Waals surface area contributed by atoms with Crippen LogP contribution in [0.25, 0.3) is 0 Å². The topological polar surface area (TPSA) is 44.0 Å². The summed E-state index contributed by atoms with van der Waals surface area (Å²) in [4.78, 5) is 0. The van der Waals surface area contributed by atoms with Gasteiger partial charge in [0.1, 0.15) is 0 Å². The molecule has 0 aromatic rings. The van der Waals surface area contributed by atoms with Gasteiger partial charge in [-0.15, -0.1) is 0 Å². The molecule has 0 aromatic heterocycles. The van der Waals surface area contributed by atoms with E-state index in [1.54, 1.807) is 0 Å². The molecule has 0 radical (unpaired) electrons. The maximum atomic E-state index is 6.88. The fourth-order valence-electron chi connectivity index (χ4n) is 0. The molecule has 0 aliphatic rings. The van der Waals surface area contributed by atoms with Crippen molar-refractivity contribution in [2.24, 2.45) is 0 Å². The van der Waals surface area contributed by atoms with Crippen LogP contribution in [0.3, 0.4) is 0 Å². The molecule has 0 heterocycles. The van der Waals surface area contributed by atoms with Crippen molar-refractivity contribution in [1.29, 1.82) is 5.26 Å². The average Bonchev–Trinajstić information content (AvgIpc) is 0.918. The van der Waals surface area contributed by atoms with Gasteiger partial charge >= 0.3 is 26.2 Å². The predicted octanol–water partition coefficient (Wildman–Crippen LogP) is -1.23. The molecule has 0 rings (SSSR count). The number of nitrogens with zero attached hydrogens (tertiary/aromatic N) is 1. The Balaban J connectivity index is -0.0000000200. The van der Waals surface area contributed by atoms with E-state index in [2.05, 4.69) is 0 Å². The van der Waals surface area contributed by atoms with Crippen molar-refractivity contribution in [3.05, 3.63) is 0 Å². The summed E-state index contributed by atoms with van der Waals surface area (Å²) in [5.41, 5.74) is 0. The van der Waals surface area contributed by atoms with Crippen molar-refractivity contribution < 1.29 is 5.11 Å². The molecule has 0 spiro atoms. The molecule has 0 aliphatic heterocycles. The van der Waals surface area contributed by atoms with Gasteiger partial charge in [0.25, 0.3) is 6.26 Å². The van der Waals surface area contributed by atoms with Crippen LogP contribution in [0.1, 0.15) is 0 Å². The molecule has 0 atom stereocenters. The maximum absolute atomic E-state index is 6.88. The Bertz CT molecular complexity index is 33.1. The van der Waals surface area contributed by atoms with Gasteiger partial charge in [-0.25, -0.2) is 0 Å². The van der Waals surface area contributed by atoms with Gasteiger partial charge in [0, 0.05) is 0 Å². The Hall–Kier alpha value is 0.523. The summed E-state index contributed by atoms with van der Waals surface area (Å²) in [7, 11) is 0. The Morgan fingerprint density at radius 1 is 1.60 bits per heavy atom. The van der Waals surface area contributed by atoms with Crippen LogP contribution in [0.4, 0.5) is 0 Å². The van der Waals surface area contributed by atoms with Gasteiger partial charge < -0.3 is 5.11 Å². The third-order valence-electron chi connectivity index (χ3n) is 0. The van der Waals surface area contributed by atoms with Crippen LogP contribution in [0.5, 0.6) is 0 Å². The van der Waals surface area contributed by atoms with Crippen LogP contribution in [-0.4, -0.2) is 31.3 Å². The zero-order chi connectivity index (χ0) is 2.71. The second kappa shape index (κ2) is 24.2. The van der Waals surface area contributed by atoms with Gasteiger partial charge in [-0.2, -0.15) is 18.8 Å². The second-order valence-electron chi connectivity index (χ2n) is 0.100. The van der Waals surface area contributed by atoms with Crippen molar-refractivity contribution in [2.75, 3.05) is 0 Å². The molecule has 0 bridgehead atoms.